The van der Waals surface area contributed by atoms with E-state index in [1.165, 1.54) is 0 Å². The van der Waals surface area contributed by atoms with Crippen LogP contribution in [0.2, 0.25) is 0 Å². The van der Waals surface area contributed by atoms with E-state index < -0.39 is 0 Å². The van der Waals surface area contributed by atoms with Gasteiger partial charge >= 0.3 is 0 Å². The molecule has 1 aromatic rings. The molecule has 0 aromatic heterocycles. The fourth-order valence-electron chi connectivity index (χ4n) is 1.88. The molecule has 1 N–H and O–H groups in total. The first-order chi connectivity index (χ1) is 8.13. The molecular formula is C13H14N2O2. The Kier molecular flexibility index (Phi) is 2.95. The Balaban J connectivity index is 2.56. The topological polar surface area (TPSA) is 49.4 Å². The van der Waals surface area contributed by atoms with Crippen LogP contribution in [0, 0.1) is 6.92 Å². The van der Waals surface area contributed by atoms with Gasteiger partial charge in [0.15, 0.2) is 0 Å². The number of nitrogens with one attached hydrogen (secondary N) is 1. The largest absolute Gasteiger partial charge is 0.343 e. The minimum atomic E-state index is -0.205. The number of hydrogen-bond acceptors (Lipinski definition) is 2. The number of aryl methyl sites for hydroxylation is 1. The maximum atomic E-state index is 11.9. The van der Waals surface area contributed by atoms with Crippen molar-refractivity contribution in [2.75, 3.05) is 18.0 Å². The number of amides is 2. The molecule has 1 heterocycles. The lowest BCUT2D eigenvalue weighted by Gasteiger charge is -2.20. The number of nitrogens with zero attached hydrogens (tertiary/aromatic N) is 1. The SMILES string of the molecule is C=CCN1C(=O)CNC(=O)c2cc(C)ccc21. The molecule has 0 bridgehead atoms. The molecule has 0 fully saturated rings. The molecule has 17 heavy (non-hydrogen) atoms. The van der Waals surface area contributed by atoms with Crippen molar-refractivity contribution in [1.29, 1.82) is 0 Å². The van der Waals surface area contributed by atoms with E-state index in [0.717, 1.165) is 5.56 Å². The van der Waals surface area contributed by atoms with Crippen molar-refractivity contribution in [2.45, 2.75) is 6.92 Å². The van der Waals surface area contributed by atoms with Crippen molar-refractivity contribution in [1.82, 2.24) is 5.32 Å². The van der Waals surface area contributed by atoms with Gasteiger partial charge in [0.25, 0.3) is 5.91 Å². The normalized spacial score (nSPS) is 15.0. The molecule has 1 aromatic carbocycles. The molecule has 0 spiro atoms. The third-order valence-corrected chi connectivity index (χ3v) is 2.70. The zero-order chi connectivity index (χ0) is 12.4. The molecule has 1 aliphatic heterocycles. The maximum Gasteiger partial charge on any atom is 0.253 e. The fraction of sp³-hybridized carbons (Fsp3) is 0.231. The highest BCUT2D eigenvalue weighted by atomic mass is 16.2. The van der Waals surface area contributed by atoms with E-state index in [-0.39, 0.29) is 18.4 Å². The van der Waals surface area contributed by atoms with Gasteiger partial charge in [-0.25, -0.2) is 0 Å². The Labute approximate surface area is 99.9 Å². The summed E-state index contributed by atoms with van der Waals surface area (Å²) in [5.74, 6) is -0.329. The van der Waals surface area contributed by atoms with Crippen LogP contribution < -0.4 is 10.2 Å². The second-order valence-electron chi connectivity index (χ2n) is 4.00. The van der Waals surface area contributed by atoms with Gasteiger partial charge < -0.3 is 10.2 Å². The Morgan fingerprint density at radius 3 is 2.94 bits per heavy atom. The third kappa shape index (κ3) is 2.06. The summed E-state index contributed by atoms with van der Waals surface area (Å²) in [5.41, 5.74) is 2.18. The number of fused-ring (bicyclic) bond motifs is 1. The van der Waals surface area contributed by atoms with Crippen LogP contribution in [0.1, 0.15) is 15.9 Å². The van der Waals surface area contributed by atoms with Gasteiger partial charge in [-0.15, -0.1) is 6.58 Å². The number of carbonyl (C=O) groups excluding carboxylic acids is 2. The molecule has 1 aliphatic rings. The second kappa shape index (κ2) is 4.41. The molecule has 0 atom stereocenters. The lowest BCUT2D eigenvalue weighted by atomic mass is 10.1. The summed E-state index contributed by atoms with van der Waals surface area (Å²) in [7, 11) is 0. The molecule has 0 aliphatic carbocycles. The molecule has 0 unspecified atom stereocenters. The molecule has 0 radical (unpaired) electrons. The lowest BCUT2D eigenvalue weighted by molar-refractivity contribution is -0.117. The second-order valence-corrected chi connectivity index (χ2v) is 4.00. The van der Waals surface area contributed by atoms with Crippen LogP contribution in [0.4, 0.5) is 5.69 Å². The van der Waals surface area contributed by atoms with Gasteiger partial charge in [0.1, 0.15) is 0 Å². The van der Waals surface area contributed by atoms with Crippen LogP contribution in [0.5, 0.6) is 0 Å². The van der Waals surface area contributed by atoms with Crippen LogP contribution in [0.25, 0.3) is 0 Å². The number of anilines is 1. The van der Waals surface area contributed by atoms with Crippen LogP contribution in [-0.2, 0) is 4.79 Å². The fourth-order valence-corrected chi connectivity index (χ4v) is 1.88. The van der Waals surface area contributed by atoms with Gasteiger partial charge in [-0.3, -0.25) is 9.59 Å². The lowest BCUT2D eigenvalue weighted by Crippen LogP contribution is -2.36. The minimum Gasteiger partial charge on any atom is -0.343 e. The van der Waals surface area contributed by atoms with Gasteiger partial charge in [0.05, 0.1) is 17.8 Å². The average Bonchev–Trinajstić information content (AvgIpc) is 2.42. The summed E-state index contributed by atoms with van der Waals surface area (Å²) >= 11 is 0. The predicted octanol–water partition coefficient (Wildman–Crippen LogP) is 1.26. The van der Waals surface area contributed by atoms with E-state index in [4.69, 9.17) is 0 Å². The van der Waals surface area contributed by atoms with Crippen molar-refractivity contribution >= 4 is 17.5 Å². The molecule has 2 amide bonds. The Bertz CT molecular complexity index is 494. The Morgan fingerprint density at radius 1 is 1.47 bits per heavy atom. The zero-order valence-corrected chi connectivity index (χ0v) is 9.69. The summed E-state index contributed by atoms with van der Waals surface area (Å²) in [4.78, 5) is 25.3. The molecule has 0 saturated carbocycles. The quantitative estimate of drug-likeness (QED) is 0.777. The van der Waals surface area contributed by atoms with Gasteiger partial charge in [-0.2, -0.15) is 0 Å². The first-order valence-corrected chi connectivity index (χ1v) is 5.43. The molecular weight excluding hydrogens is 216 g/mol. The standard InChI is InChI=1S/C13H14N2O2/c1-3-6-15-11-5-4-9(2)7-10(11)13(17)14-8-12(15)16/h3-5,7H,1,6,8H2,2H3,(H,14,17). The predicted molar refractivity (Wildman–Crippen MR) is 66.1 cm³/mol. The van der Waals surface area contributed by atoms with Crippen LogP contribution in [-0.4, -0.2) is 24.9 Å². The van der Waals surface area contributed by atoms with Crippen LogP contribution >= 0.6 is 0 Å². The van der Waals surface area contributed by atoms with Gasteiger partial charge in [-0.05, 0) is 19.1 Å². The zero-order valence-electron chi connectivity index (χ0n) is 9.69. The van der Waals surface area contributed by atoms with E-state index in [1.807, 2.05) is 13.0 Å². The molecule has 4 heteroatoms. The molecule has 88 valence electrons. The van der Waals surface area contributed by atoms with Gasteiger partial charge in [-0.1, -0.05) is 17.7 Å². The first-order valence-electron chi connectivity index (χ1n) is 5.43. The summed E-state index contributed by atoms with van der Waals surface area (Å²) in [5, 5.41) is 2.60. The van der Waals surface area contributed by atoms with E-state index in [1.54, 1.807) is 23.1 Å². The van der Waals surface area contributed by atoms with Crippen molar-refractivity contribution < 1.29 is 9.59 Å². The van der Waals surface area contributed by atoms with E-state index in [0.29, 0.717) is 17.8 Å². The first kappa shape index (κ1) is 11.4. The van der Waals surface area contributed by atoms with Crippen molar-refractivity contribution in [3.63, 3.8) is 0 Å². The van der Waals surface area contributed by atoms with E-state index in [9.17, 15) is 9.59 Å². The average molecular weight is 230 g/mol. The van der Waals surface area contributed by atoms with Gasteiger partial charge in [0.2, 0.25) is 5.91 Å². The maximum absolute atomic E-state index is 11.9. The number of hydrogen-bond donors (Lipinski definition) is 1. The van der Waals surface area contributed by atoms with Crippen molar-refractivity contribution in [2.24, 2.45) is 0 Å². The Hall–Kier alpha value is -2.10. The summed E-state index contributed by atoms with van der Waals surface area (Å²) in [6, 6.07) is 5.48. The van der Waals surface area contributed by atoms with Crippen molar-refractivity contribution in [3.05, 3.63) is 42.0 Å². The van der Waals surface area contributed by atoms with Crippen LogP contribution in [0.3, 0.4) is 0 Å². The molecule has 4 nitrogen and oxygen atoms in total. The highest BCUT2D eigenvalue weighted by Crippen LogP contribution is 2.24. The number of rotatable bonds is 2. The number of carbonyl (C=O) groups is 2. The summed E-state index contributed by atoms with van der Waals surface area (Å²) < 4.78 is 0. The highest BCUT2D eigenvalue weighted by Gasteiger charge is 2.25. The summed E-state index contributed by atoms with van der Waals surface area (Å²) in [6.45, 7) is 5.98. The minimum absolute atomic E-state index is 0.0282. The van der Waals surface area contributed by atoms with E-state index in [2.05, 4.69) is 11.9 Å². The van der Waals surface area contributed by atoms with Crippen LogP contribution in [0.15, 0.2) is 30.9 Å². The smallest absolute Gasteiger partial charge is 0.253 e. The number of benzene rings is 1. The summed E-state index contributed by atoms with van der Waals surface area (Å²) in [6.07, 6.45) is 1.65. The Morgan fingerprint density at radius 2 is 2.24 bits per heavy atom. The monoisotopic (exact) mass is 230 g/mol. The van der Waals surface area contributed by atoms with E-state index >= 15 is 0 Å². The highest BCUT2D eigenvalue weighted by molar-refractivity contribution is 6.09. The van der Waals surface area contributed by atoms with Crippen molar-refractivity contribution in [3.8, 4) is 0 Å². The third-order valence-electron chi connectivity index (χ3n) is 2.70. The molecule has 0 saturated heterocycles. The van der Waals surface area contributed by atoms with Gasteiger partial charge in [0, 0.05) is 6.54 Å². The molecule has 2 rings (SSSR count).